The van der Waals surface area contributed by atoms with Crippen LogP contribution in [-0.4, -0.2) is 39.3 Å². The van der Waals surface area contributed by atoms with E-state index in [2.05, 4.69) is 20.8 Å². The van der Waals surface area contributed by atoms with Crippen molar-refractivity contribution in [2.24, 2.45) is 0 Å². The minimum atomic E-state index is -1.09. The topological polar surface area (TPSA) is 117 Å². The molecule has 1 aromatic rings. The fourth-order valence-electron chi connectivity index (χ4n) is 1.91. The molecule has 2 amide bonds. The molecular weight excluding hydrogens is 252 g/mol. The fraction of sp³-hybridized carbons (Fsp3) is 0.636. The SMILES string of the molecule is Cc1noc(CCNC(=O)NC2(C(=O)O)CCC2)n1. The van der Waals surface area contributed by atoms with Gasteiger partial charge in [-0.15, -0.1) is 0 Å². The summed E-state index contributed by atoms with van der Waals surface area (Å²) >= 11 is 0. The average molecular weight is 268 g/mol. The first-order valence-corrected chi connectivity index (χ1v) is 6.10. The van der Waals surface area contributed by atoms with Crippen molar-refractivity contribution in [1.29, 1.82) is 0 Å². The van der Waals surface area contributed by atoms with E-state index in [0.717, 1.165) is 6.42 Å². The molecule has 1 heterocycles. The first-order valence-electron chi connectivity index (χ1n) is 6.10. The summed E-state index contributed by atoms with van der Waals surface area (Å²) < 4.78 is 4.89. The highest BCUT2D eigenvalue weighted by molar-refractivity contribution is 5.87. The zero-order chi connectivity index (χ0) is 13.9. The number of amides is 2. The normalized spacial score (nSPS) is 16.5. The number of carbonyl (C=O) groups excluding carboxylic acids is 1. The van der Waals surface area contributed by atoms with Crippen molar-refractivity contribution in [3.8, 4) is 0 Å². The van der Waals surface area contributed by atoms with Gasteiger partial charge in [0.1, 0.15) is 5.54 Å². The molecule has 104 valence electrons. The molecule has 0 spiro atoms. The third-order valence-corrected chi connectivity index (χ3v) is 3.16. The molecule has 0 saturated heterocycles. The van der Waals surface area contributed by atoms with Gasteiger partial charge >= 0.3 is 12.0 Å². The van der Waals surface area contributed by atoms with Gasteiger partial charge in [0.25, 0.3) is 0 Å². The molecule has 0 bridgehead atoms. The lowest BCUT2D eigenvalue weighted by Gasteiger charge is -2.38. The summed E-state index contributed by atoms with van der Waals surface area (Å²) in [5, 5.41) is 17.8. The Morgan fingerprint density at radius 1 is 1.47 bits per heavy atom. The predicted octanol–water partition coefficient (Wildman–Crippen LogP) is 0.227. The summed E-state index contributed by atoms with van der Waals surface area (Å²) in [6.45, 7) is 2.02. The second-order valence-corrected chi connectivity index (χ2v) is 4.61. The zero-order valence-corrected chi connectivity index (χ0v) is 10.6. The number of nitrogens with one attached hydrogen (secondary N) is 2. The van der Waals surface area contributed by atoms with Crippen molar-refractivity contribution < 1.29 is 19.2 Å². The van der Waals surface area contributed by atoms with Gasteiger partial charge in [-0.2, -0.15) is 4.98 Å². The van der Waals surface area contributed by atoms with Crippen LogP contribution in [0, 0.1) is 6.92 Å². The number of aromatic nitrogens is 2. The van der Waals surface area contributed by atoms with Gasteiger partial charge in [-0.1, -0.05) is 5.16 Å². The van der Waals surface area contributed by atoms with Crippen molar-refractivity contribution in [1.82, 2.24) is 20.8 Å². The molecule has 0 radical (unpaired) electrons. The molecule has 1 aromatic heterocycles. The summed E-state index contributed by atoms with van der Waals surface area (Å²) in [5.74, 6) is -0.00503. The number of carboxylic acid groups (broad SMARTS) is 1. The number of nitrogens with zero attached hydrogens (tertiary/aromatic N) is 2. The van der Waals surface area contributed by atoms with E-state index in [9.17, 15) is 9.59 Å². The van der Waals surface area contributed by atoms with E-state index in [0.29, 0.717) is 37.5 Å². The Morgan fingerprint density at radius 3 is 2.68 bits per heavy atom. The van der Waals surface area contributed by atoms with Crippen molar-refractivity contribution in [2.45, 2.75) is 38.1 Å². The number of urea groups is 1. The fourth-order valence-corrected chi connectivity index (χ4v) is 1.91. The highest BCUT2D eigenvalue weighted by Gasteiger charge is 2.45. The molecule has 0 aliphatic heterocycles. The Morgan fingerprint density at radius 2 is 2.21 bits per heavy atom. The van der Waals surface area contributed by atoms with Crippen LogP contribution in [-0.2, 0) is 11.2 Å². The summed E-state index contributed by atoms with van der Waals surface area (Å²) in [6.07, 6.45) is 2.17. The Kier molecular flexibility index (Phi) is 3.68. The number of rotatable bonds is 5. The lowest BCUT2D eigenvalue weighted by molar-refractivity contribution is -0.148. The molecule has 2 rings (SSSR count). The lowest BCUT2D eigenvalue weighted by Crippen LogP contribution is -2.61. The number of hydrogen-bond donors (Lipinski definition) is 3. The van der Waals surface area contributed by atoms with E-state index in [4.69, 9.17) is 9.63 Å². The number of carbonyl (C=O) groups is 2. The Balaban J connectivity index is 1.74. The number of carboxylic acids is 1. The van der Waals surface area contributed by atoms with Crippen LogP contribution in [0.4, 0.5) is 4.79 Å². The van der Waals surface area contributed by atoms with E-state index < -0.39 is 17.5 Å². The second kappa shape index (κ2) is 5.25. The maximum Gasteiger partial charge on any atom is 0.329 e. The molecule has 8 nitrogen and oxygen atoms in total. The summed E-state index contributed by atoms with van der Waals surface area (Å²) in [7, 11) is 0. The molecular formula is C11H16N4O4. The molecule has 8 heteroatoms. The van der Waals surface area contributed by atoms with E-state index in [1.165, 1.54) is 0 Å². The van der Waals surface area contributed by atoms with Gasteiger partial charge in [0, 0.05) is 13.0 Å². The highest BCUT2D eigenvalue weighted by atomic mass is 16.5. The van der Waals surface area contributed by atoms with Crippen LogP contribution in [0.25, 0.3) is 0 Å². The van der Waals surface area contributed by atoms with Gasteiger partial charge in [0.15, 0.2) is 5.82 Å². The maximum atomic E-state index is 11.6. The van der Waals surface area contributed by atoms with E-state index in [-0.39, 0.29) is 0 Å². The molecule has 19 heavy (non-hydrogen) atoms. The van der Waals surface area contributed by atoms with Gasteiger partial charge < -0.3 is 20.3 Å². The number of aryl methyl sites for hydroxylation is 1. The summed E-state index contributed by atoms with van der Waals surface area (Å²) in [4.78, 5) is 26.7. The van der Waals surface area contributed by atoms with Gasteiger partial charge in [0.2, 0.25) is 5.89 Å². The largest absolute Gasteiger partial charge is 0.480 e. The van der Waals surface area contributed by atoms with Crippen LogP contribution in [0.15, 0.2) is 4.52 Å². The lowest BCUT2D eigenvalue weighted by atomic mass is 9.77. The van der Waals surface area contributed by atoms with E-state index >= 15 is 0 Å². The Labute approximate surface area is 109 Å². The molecule has 0 aromatic carbocycles. The maximum absolute atomic E-state index is 11.6. The first-order chi connectivity index (χ1) is 9.02. The third kappa shape index (κ3) is 3.01. The number of hydrogen-bond acceptors (Lipinski definition) is 5. The summed E-state index contributed by atoms with van der Waals surface area (Å²) in [5.41, 5.74) is -1.09. The molecule has 1 aliphatic carbocycles. The van der Waals surface area contributed by atoms with E-state index in [1.54, 1.807) is 6.92 Å². The number of aliphatic carboxylic acids is 1. The van der Waals surface area contributed by atoms with E-state index in [1.807, 2.05) is 0 Å². The van der Waals surface area contributed by atoms with Crippen LogP contribution in [0.2, 0.25) is 0 Å². The van der Waals surface area contributed by atoms with Crippen LogP contribution in [0.5, 0.6) is 0 Å². The van der Waals surface area contributed by atoms with Gasteiger partial charge in [-0.3, -0.25) is 0 Å². The minimum Gasteiger partial charge on any atom is -0.480 e. The van der Waals surface area contributed by atoms with Crippen LogP contribution in [0.3, 0.4) is 0 Å². The summed E-state index contributed by atoms with van der Waals surface area (Å²) in [6, 6.07) is -0.488. The Hall–Kier alpha value is -2.12. The molecule has 3 N–H and O–H groups in total. The van der Waals surface area contributed by atoms with Crippen LogP contribution in [0.1, 0.15) is 31.0 Å². The van der Waals surface area contributed by atoms with Crippen molar-refractivity contribution in [3.05, 3.63) is 11.7 Å². The molecule has 1 saturated carbocycles. The molecule has 1 aliphatic rings. The average Bonchev–Trinajstić information content (AvgIpc) is 2.69. The predicted molar refractivity (Wildman–Crippen MR) is 63.5 cm³/mol. The monoisotopic (exact) mass is 268 g/mol. The van der Waals surface area contributed by atoms with Gasteiger partial charge in [-0.05, 0) is 26.2 Å². The first kappa shape index (κ1) is 13.3. The van der Waals surface area contributed by atoms with Crippen LogP contribution >= 0.6 is 0 Å². The highest BCUT2D eigenvalue weighted by Crippen LogP contribution is 2.31. The zero-order valence-electron chi connectivity index (χ0n) is 10.6. The molecule has 0 atom stereocenters. The minimum absolute atomic E-state index is 0.309. The van der Waals surface area contributed by atoms with Gasteiger partial charge in [0.05, 0.1) is 0 Å². The second-order valence-electron chi connectivity index (χ2n) is 4.61. The van der Waals surface area contributed by atoms with Crippen molar-refractivity contribution >= 4 is 12.0 Å². The Bertz CT molecular complexity index is 481. The third-order valence-electron chi connectivity index (χ3n) is 3.16. The quantitative estimate of drug-likeness (QED) is 0.703. The van der Waals surface area contributed by atoms with Crippen LogP contribution < -0.4 is 10.6 Å². The van der Waals surface area contributed by atoms with Gasteiger partial charge in [-0.25, -0.2) is 9.59 Å². The smallest absolute Gasteiger partial charge is 0.329 e. The molecule has 1 fully saturated rings. The van der Waals surface area contributed by atoms with Crippen molar-refractivity contribution in [3.63, 3.8) is 0 Å². The standard InChI is InChI=1S/C11H16N4O4/c1-7-13-8(19-15-7)3-6-12-10(18)14-11(9(16)17)4-2-5-11/h2-6H2,1H3,(H,16,17)(H2,12,14,18). The van der Waals surface area contributed by atoms with Crippen molar-refractivity contribution in [2.75, 3.05) is 6.54 Å². The molecule has 0 unspecified atom stereocenters.